The highest BCUT2D eigenvalue weighted by Crippen LogP contribution is 2.75. The second-order valence-electron chi connectivity index (χ2n) is 9.93. The van der Waals surface area contributed by atoms with Gasteiger partial charge >= 0.3 is 0 Å². The molecule has 0 heteroatoms. The molecule has 2 saturated carbocycles. The van der Waals surface area contributed by atoms with Crippen molar-refractivity contribution in [3.05, 3.63) is 36.0 Å². The Hall–Kier alpha value is -0.780. The molecule has 0 nitrogen and oxygen atoms in total. The lowest BCUT2D eigenvalue weighted by Crippen LogP contribution is -2.53. The zero-order valence-corrected chi connectivity index (χ0v) is 17.0. The zero-order chi connectivity index (χ0) is 17.9. The first-order valence-corrected chi connectivity index (χ1v) is 10.2. The minimum absolute atomic E-state index is 0.141. The van der Waals surface area contributed by atoms with E-state index >= 15 is 0 Å². The summed E-state index contributed by atoms with van der Waals surface area (Å²) >= 11 is 0. The molecule has 134 valence electrons. The van der Waals surface area contributed by atoms with E-state index in [0.29, 0.717) is 17.3 Å². The van der Waals surface area contributed by atoms with E-state index in [1.54, 1.807) is 5.57 Å². The van der Waals surface area contributed by atoms with Crippen molar-refractivity contribution < 1.29 is 0 Å². The van der Waals surface area contributed by atoms with Crippen molar-refractivity contribution in [1.29, 1.82) is 0 Å². The van der Waals surface area contributed by atoms with Gasteiger partial charge in [-0.2, -0.15) is 0 Å². The second-order valence-corrected chi connectivity index (χ2v) is 9.93. The third kappa shape index (κ3) is 2.04. The van der Waals surface area contributed by atoms with Crippen molar-refractivity contribution in [3.8, 4) is 0 Å². The summed E-state index contributed by atoms with van der Waals surface area (Å²) in [5.41, 5.74) is 5.16. The van der Waals surface area contributed by atoms with E-state index in [9.17, 15) is 0 Å². The molecule has 0 aliphatic heterocycles. The second kappa shape index (κ2) is 5.61. The van der Waals surface area contributed by atoms with Gasteiger partial charge in [0, 0.05) is 5.41 Å². The van der Waals surface area contributed by atoms with Gasteiger partial charge < -0.3 is 0 Å². The van der Waals surface area contributed by atoms with Crippen molar-refractivity contribution in [2.24, 2.45) is 34.0 Å². The third-order valence-corrected chi connectivity index (χ3v) is 9.28. The van der Waals surface area contributed by atoms with Gasteiger partial charge in [0.2, 0.25) is 0 Å². The van der Waals surface area contributed by atoms with Crippen LogP contribution in [0.4, 0.5) is 0 Å². The van der Waals surface area contributed by atoms with Crippen molar-refractivity contribution in [1.82, 2.24) is 0 Å². The molecule has 0 radical (unpaired) electrons. The van der Waals surface area contributed by atoms with Crippen LogP contribution in [-0.2, 0) is 0 Å². The molecular weight excluding hydrogens is 288 g/mol. The molecule has 6 atom stereocenters. The molecule has 0 saturated heterocycles. The van der Waals surface area contributed by atoms with Gasteiger partial charge in [0.05, 0.1) is 0 Å². The Kier molecular flexibility index (Phi) is 4.22. The Labute approximate surface area is 150 Å². The Morgan fingerprint density at radius 2 is 1.71 bits per heavy atom. The summed E-state index contributed by atoms with van der Waals surface area (Å²) in [6.45, 7) is 24.3. The number of fused-ring (bicyclic) bond motifs is 1. The minimum Gasteiger partial charge on any atom is -0.0993 e. The van der Waals surface area contributed by atoms with E-state index in [-0.39, 0.29) is 10.8 Å². The van der Waals surface area contributed by atoms with E-state index in [1.165, 1.54) is 49.7 Å². The highest BCUT2D eigenvalue weighted by molar-refractivity contribution is 5.47. The fraction of sp³-hybridized carbons (Fsp3) is 0.750. The Balaban J connectivity index is 2.22. The van der Waals surface area contributed by atoms with Crippen LogP contribution in [0, 0.1) is 34.0 Å². The van der Waals surface area contributed by atoms with Crippen LogP contribution in [-0.4, -0.2) is 0 Å². The average molecular weight is 327 g/mol. The highest BCUT2D eigenvalue weighted by Gasteiger charge is 2.67. The van der Waals surface area contributed by atoms with Crippen LogP contribution < -0.4 is 0 Å². The van der Waals surface area contributed by atoms with Gasteiger partial charge in [-0.1, -0.05) is 72.8 Å². The topological polar surface area (TPSA) is 0 Å². The van der Waals surface area contributed by atoms with Gasteiger partial charge in [-0.3, -0.25) is 0 Å². The van der Waals surface area contributed by atoms with Crippen molar-refractivity contribution in [2.45, 2.75) is 80.1 Å². The molecule has 3 rings (SSSR count). The Morgan fingerprint density at radius 3 is 2.38 bits per heavy atom. The van der Waals surface area contributed by atoms with Crippen molar-refractivity contribution >= 4 is 0 Å². The van der Waals surface area contributed by atoms with Crippen molar-refractivity contribution in [2.75, 3.05) is 0 Å². The van der Waals surface area contributed by atoms with Crippen LogP contribution >= 0.6 is 0 Å². The number of rotatable bonds is 0. The molecule has 0 aromatic carbocycles. The molecule has 0 aromatic heterocycles. The molecule has 0 spiro atoms. The normalized spacial score (nSPS) is 51.8. The lowest BCUT2D eigenvalue weighted by molar-refractivity contribution is -0.0115. The van der Waals surface area contributed by atoms with Gasteiger partial charge in [0.25, 0.3) is 0 Å². The summed E-state index contributed by atoms with van der Waals surface area (Å²) < 4.78 is 0. The molecule has 0 heterocycles. The summed E-state index contributed by atoms with van der Waals surface area (Å²) in [6, 6.07) is 0. The summed E-state index contributed by atoms with van der Waals surface area (Å²) in [7, 11) is 0. The fourth-order valence-electron chi connectivity index (χ4n) is 6.61. The van der Waals surface area contributed by atoms with Crippen LogP contribution in [0.2, 0.25) is 0 Å². The molecule has 24 heavy (non-hydrogen) atoms. The van der Waals surface area contributed by atoms with Gasteiger partial charge in [-0.25, -0.2) is 0 Å². The first kappa shape index (κ1) is 18.0. The molecule has 2 bridgehead atoms. The molecule has 0 amide bonds. The standard InChI is InChI=1S/C24H38/c1-16-10-9-11-17(2)22(6)14-15-23(7)19(4)18(3)21(13-12-16)20(5)24(22,23)8/h13,16,18-19H,2,5,9-12,14-15H2,1,3-4,6-8H3/b21-13-/t16-,18-,19-,22-,23+,24+/m0/s1. The third-order valence-electron chi connectivity index (χ3n) is 9.28. The van der Waals surface area contributed by atoms with Crippen LogP contribution in [0.25, 0.3) is 0 Å². The predicted octanol–water partition coefficient (Wildman–Crippen LogP) is 7.33. The molecule has 0 unspecified atom stereocenters. The first-order valence-electron chi connectivity index (χ1n) is 10.2. The summed E-state index contributed by atoms with van der Waals surface area (Å²) in [5, 5.41) is 0. The fourth-order valence-corrected chi connectivity index (χ4v) is 6.61. The average Bonchev–Trinajstić information content (AvgIpc) is 2.76. The van der Waals surface area contributed by atoms with E-state index in [1.807, 2.05) is 0 Å². The Morgan fingerprint density at radius 1 is 1.04 bits per heavy atom. The summed E-state index contributed by atoms with van der Waals surface area (Å²) in [4.78, 5) is 0. The van der Waals surface area contributed by atoms with Gasteiger partial charge in [-0.15, -0.1) is 0 Å². The maximum atomic E-state index is 4.74. The maximum Gasteiger partial charge on any atom is 0.00688 e. The smallest absolute Gasteiger partial charge is 0.00688 e. The van der Waals surface area contributed by atoms with E-state index < -0.39 is 0 Å². The van der Waals surface area contributed by atoms with Crippen LogP contribution in [0.3, 0.4) is 0 Å². The molecule has 2 fully saturated rings. The number of allylic oxidation sites excluding steroid dienone is 4. The summed E-state index contributed by atoms with van der Waals surface area (Å²) in [6.07, 6.45) is 10.2. The van der Waals surface area contributed by atoms with Gasteiger partial charge in [0.1, 0.15) is 0 Å². The summed E-state index contributed by atoms with van der Waals surface area (Å²) in [5.74, 6) is 2.09. The van der Waals surface area contributed by atoms with E-state index in [4.69, 9.17) is 6.58 Å². The van der Waals surface area contributed by atoms with Crippen LogP contribution in [0.5, 0.6) is 0 Å². The van der Waals surface area contributed by atoms with Gasteiger partial charge in [0.15, 0.2) is 0 Å². The largest absolute Gasteiger partial charge is 0.0993 e. The zero-order valence-electron chi connectivity index (χ0n) is 17.0. The monoisotopic (exact) mass is 326 g/mol. The minimum atomic E-state index is 0.141. The number of hydrogen-bond acceptors (Lipinski definition) is 0. The molecular formula is C24H38. The molecule has 0 aromatic rings. The quantitative estimate of drug-likeness (QED) is 0.409. The lowest BCUT2D eigenvalue weighted by Gasteiger charge is -2.60. The first-order chi connectivity index (χ1) is 11.1. The lowest BCUT2D eigenvalue weighted by atomic mass is 9.44. The molecule has 3 aliphatic rings. The van der Waals surface area contributed by atoms with Crippen molar-refractivity contribution in [3.63, 3.8) is 0 Å². The maximum absolute atomic E-state index is 4.74. The predicted molar refractivity (Wildman–Crippen MR) is 106 cm³/mol. The van der Waals surface area contributed by atoms with E-state index in [0.717, 1.165) is 5.92 Å². The van der Waals surface area contributed by atoms with E-state index in [2.05, 4.69) is 54.2 Å². The van der Waals surface area contributed by atoms with Crippen LogP contribution in [0.1, 0.15) is 80.1 Å². The Bertz CT molecular complexity index is 593. The number of hydrogen-bond donors (Lipinski definition) is 0. The van der Waals surface area contributed by atoms with Gasteiger partial charge in [-0.05, 0) is 71.8 Å². The van der Waals surface area contributed by atoms with Crippen LogP contribution in [0.15, 0.2) is 36.0 Å². The SMILES string of the molecule is C=C1/C2=C\C[C@@H](C)CCCC(=C)[C@]3(C)CC[C@](C)([C@@H](C)[C@@H]2C)[C@]13C. The highest BCUT2D eigenvalue weighted by atomic mass is 14.7. The molecule has 0 N–H and O–H groups in total. The molecule has 3 aliphatic carbocycles.